The van der Waals surface area contributed by atoms with Crippen LogP contribution >= 0.6 is 12.4 Å². The number of aryl methyl sites for hydroxylation is 1. The summed E-state index contributed by atoms with van der Waals surface area (Å²) in [7, 11) is 0. The first-order chi connectivity index (χ1) is 8.59. The third-order valence-electron chi connectivity index (χ3n) is 4.04. The highest BCUT2D eigenvalue weighted by molar-refractivity contribution is 5.85. The molecule has 0 spiro atoms. The standard InChI is InChI=1S/C15H23NO2.ClH/c1-10-7-8-13(17)12(9-10)14(16)15(18)11-5-3-2-4-6-11;/h7-9,11,14-15,17-18H,2-6,16H2,1H3;1H/t14-,15+;/m0./s1. The maximum absolute atomic E-state index is 10.4. The van der Waals surface area contributed by atoms with Crippen LogP contribution in [-0.4, -0.2) is 16.3 Å². The minimum Gasteiger partial charge on any atom is -0.508 e. The number of hydrogen-bond donors (Lipinski definition) is 3. The normalized spacial score (nSPS) is 19.5. The SMILES string of the molecule is Cc1ccc(O)c([C@H](N)[C@H](O)C2CCCCC2)c1.Cl. The molecule has 0 aliphatic heterocycles. The fourth-order valence-electron chi connectivity index (χ4n) is 2.89. The van der Waals surface area contributed by atoms with Crippen LogP contribution in [0.5, 0.6) is 5.75 Å². The Labute approximate surface area is 121 Å². The molecule has 0 bridgehead atoms. The molecular weight excluding hydrogens is 262 g/mol. The lowest BCUT2D eigenvalue weighted by molar-refractivity contribution is 0.0611. The second-order valence-corrected chi connectivity index (χ2v) is 5.48. The number of nitrogens with two attached hydrogens (primary N) is 1. The smallest absolute Gasteiger partial charge is 0.120 e. The summed E-state index contributed by atoms with van der Waals surface area (Å²) in [5.41, 5.74) is 7.84. The number of hydrogen-bond acceptors (Lipinski definition) is 3. The van der Waals surface area contributed by atoms with Gasteiger partial charge in [-0.05, 0) is 31.7 Å². The number of benzene rings is 1. The highest BCUT2D eigenvalue weighted by atomic mass is 35.5. The molecule has 108 valence electrons. The number of aliphatic hydroxyl groups is 1. The summed E-state index contributed by atoms with van der Waals surface area (Å²) in [6.45, 7) is 1.96. The van der Waals surface area contributed by atoms with Gasteiger partial charge in [-0.2, -0.15) is 0 Å². The summed E-state index contributed by atoms with van der Waals surface area (Å²) in [6, 6.07) is 4.87. The first-order valence-corrected chi connectivity index (χ1v) is 6.83. The Morgan fingerprint density at radius 1 is 1.21 bits per heavy atom. The first-order valence-electron chi connectivity index (χ1n) is 6.83. The molecule has 0 unspecified atom stereocenters. The number of phenolic OH excluding ortho intramolecular Hbond substituents is 1. The maximum atomic E-state index is 10.4. The van der Waals surface area contributed by atoms with Crippen molar-refractivity contribution in [1.82, 2.24) is 0 Å². The van der Waals surface area contributed by atoms with Crippen LogP contribution in [0.1, 0.15) is 49.3 Å². The zero-order valence-electron chi connectivity index (χ0n) is 11.4. The molecule has 0 radical (unpaired) electrons. The quantitative estimate of drug-likeness (QED) is 0.799. The molecular formula is C15H24ClNO2. The van der Waals surface area contributed by atoms with E-state index in [0.717, 1.165) is 18.4 Å². The predicted octanol–water partition coefficient (Wildman–Crippen LogP) is 3.06. The Hall–Kier alpha value is -0.770. The molecule has 4 heteroatoms. The Balaban J connectivity index is 0.00000180. The Morgan fingerprint density at radius 3 is 2.47 bits per heavy atom. The lowest BCUT2D eigenvalue weighted by atomic mass is 9.81. The topological polar surface area (TPSA) is 66.5 Å². The minimum atomic E-state index is -0.557. The fraction of sp³-hybridized carbons (Fsp3) is 0.600. The average molecular weight is 286 g/mol. The van der Waals surface area contributed by atoms with E-state index in [9.17, 15) is 10.2 Å². The van der Waals surface area contributed by atoms with Crippen molar-refractivity contribution >= 4 is 12.4 Å². The highest BCUT2D eigenvalue weighted by Gasteiger charge is 2.28. The number of aromatic hydroxyl groups is 1. The van der Waals surface area contributed by atoms with Gasteiger partial charge in [-0.25, -0.2) is 0 Å². The first kappa shape index (κ1) is 16.3. The molecule has 1 aliphatic rings. The second kappa shape index (κ2) is 7.13. The van der Waals surface area contributed by atoms with Crippen molar-refractivity contribution in [3.05, 3.63) is 29.3 Å². The molecule has 19 heavy (non-hydrogen) atoms. The van der Waals surface area contributed by atoms with Crippen molar-refractivity contribution in [2.75, 3.05) is 0 Å². The van der Waals surface area contributed by atoms with Crippen LogP contribution < -0.4 is 5.73 Å². The zero-order chi connectivity index (χ0) is 13.1. The van der Waals surface area contributed by atoms with E-state index in [1.54, 1.807) is 6.07 Å². The lowest BCUT2D eigenvalue weighted by Gasteiger charge is -2.31. The lowest BCUT2D eigenvalue weighted by Crippen LogP contribution is -2.34. The fourth-order valence-corrected chi connectivity index (χ4v) is 2.89. The van der Waals surface area contributed by atoms with Crippen LogP contribution in [0.2, 0.25) is 0 Å². The van der Waals surface area contributed by atoms with Gasteiger partial charge in [-0.15, -0.1) is 12.4 Å². The number of rotatable bonds is 3. The van der Waals surface area contributed by atoms with Crippen LogP contribution in [0.25, 0.3) is 0 Å². The van der Waals surface area contributed by atoms with Gasteiger partial charge in [0.25, 0.3) is 0 Å². The minimum absolute atomic E-state index is 0. The molecule has 2 atom stereocenters. The molecule has 1 saturated carbocycles. The summed E-state index contributed by atoms with van der Waals surface area (Å²) in [4.78, 5) is 0. The maximum Gasteiger partial charge on any atom is 0.120 e. The highest BCUT2D eigenvalue weighted by Crippen LogP contribution is 2.34. The van der Waals surface area contributed by atoms with Crippen LogP contribution in [0.15, 0.2) is 18.2 Å². The van der Waals surface area contributed by atoms with E-state index in [-0.39, 0.29) is 24.1 Å². The average Bonchev–Trinajstić information content (AvgIpc) is 2.41. The van der Waals surface area contributed by atoms with E-state index in [1.807, 2.05) is 19.1 Å². The van der Waals surface area contributed by atoms with E-state index >= 15 is 0 Å². The van der Waals surface area contributed by atoms with Crippen molar-refractivity contribution in [2.24, 2.45) is 11.7 Å². The van der Waals surface area contributed by atoms with Gasteiger partial charge < -0.3 is 15.9 Å². The van der Waals surface area contributed by atoms with Crippen molar-refractivity contribution < 1.29 is 10.2 Å². The van der Waals surface area contributed by atoms with E-state index in [1.165, 1.54) is 19.3 Å². The van der Waals surface area contributed by atoms with Gasteiger partial charge in [0.2, 0.25) is 0 Å². The summed E-state index contributed by atoms with van der Waals surface area (Å²) >= 11 is 0. The number of phenols is 1. The summed E-state index contributed by atoms with van der Waals surface area (Å²) in [5.74, 6) is 0.455. The van der Waals surface area contributed by atoms with Crippen molar-refractivity contribution in [1.29, 1.82) is 0 Å². The zero-order valence-corrected chi connectivity index (χ0v) is 12.2. The number of halogens is 1. The van der Waals surface area contributed by atoms with E-state index in [2.05, 4.69) is 0 Å². The molecule has 0 amide bonds. The molecule has 4 N–H and O–H groups in total. The van der Waals surface area contributed by atoms with Gasteiger partial charge in [-0.1, -0.05) is 37.0 Å². The molecule has 0 heterocycles. The van der Waals surface area contributed by atoms with Crippen LogP contribution in [0.3, 0.4) is 0 Å². The Morgan fingerprint density at radius 2 is 1.84 bits per heavy atom. The monoisotopic (exact) mass is 285 g/mol. The van der Waals surface area contributed by atoms with Gasteiger partial charge in [0.1, 0.15) is 5.75 Å². The van der Waals surface area contributed by atoms with Crippen LogP contribution in [-0.2, 0) is 0 Å². The Kier molecular flexibility index (Phi) is 6.11. The predicted molar refractivity (Wildman–Crippen MR) is 79.6 cm³/mol. The molecule has 1 aliphatic carbocycles. The second-order valence-electron chi connectivity index (χ2n) is 5.48. The van der Waals surface area contributed by atoms with Gasteiger partial charge in [0, 0.05) is 5.56 Å². The van der Waals surface area contributed by atoms with Gasteiger partial charge in [0.15, 0.2) is 0 Å². The largest absolute Gasteiger partial charge is 0.508 e. The van der Waals surface area contributed by atoms with E-state index < -0.39 is 12.1 Å². The van der Waals surface area contributed by atoms with Crippen molar-refractivity contribution in [3.8, 4) is 5.75 Å². The van der Waals surface area contributed by atoms with E-state index in [0.29, 0.717) is 5.56 Å². The summed E-state index contributed by atoms with van der Waals surface area (Å²) in [6.07, 6.45) is 5.14. The van der Waals surface area contributed by atoms with Crippen LogP contribution in [0.4, 0.5) is 0 Å². The van der Waals surface area contributed by atoms with Gasteiger partial charge in [-0.3, -0.25) is 0 Å². The molecule has 3 nitrogen and oxygen atoms in total. The summed E-state index contributed by atoms with van der Waals surface area (Å²) in [5, 5.41) is 20.2. The molecule has 0 saturated heterocycles. The van der Waals surface area contributed by atoms with Crippen molar-refractivity contribution in [2.45, 2.75) is 51.2 Å². The van der Waals surface area contributed by atoms with Gasteiger partial charge >= 0.3 is 0 Å². The van der Waals surface area contributed by atoms with E-state index in [4.69, 9.17) is 5.73 Å². The number of aliphatic hydroxyl groups excluding tert-OH is 1. The molecule has 1 aromatic carbocycles. The molecule has 1 aromatic rings. The third kappa shape index (κ3) is 3.85. The Bertz CT molecular complexity index is 405. The third-order valence-corrected chi connectivity index (χ3v) is 4.04. The molecule has 2 rings (SSSR count). The van der Waals surface area contributed by atoms with Crippen LogP contribution in [0, 0.1) is 12.8 Å². The summed E-state index contributed by atoms with van der Waals surface area (Å²) < 4.78 is 0. The van der Waals surface area contributed by atoms with Gasteiger partial charge in [0.05, 0.1) is 12.1 Å². The molecule has 0 aromatic heterocycles. The van der Waals surface area contributed by atoms with Crippen molar-refractivity contribution in [3.63, 3.8) is 0 Å². The molecule has 1 fully saturated rings.